The lowest BCUT2D eigenvalue weighted by Gasteiger charge is -2.31. The third kappa shape index (κ3) is 5.61. The average molecular weight is 461 g/mol. The Balaban J connectivity index is 1.68. The Bertz CT molecular complexity index is 1020. The van der Waals surface area contributed by atoms with E-state index in [-0.39, 0.29) is 17.3 Å². The van der Waals surface area contributed by atoms with Crippen LogP contribution in [0.4, 0.5) is 5.69 Å². The molecule has 1 aliphatic heterocycles. The first-order valence-corrected chi connectivity index (χ1v) is 12.4. The lowest BCUT2D eigenvalue weighted by atomic mass is 9.98. The van der Waals surface area contributed by atoms with E-state index in [9.17, 15) is 13.2 Å². The van der Waals surface area contributed by atoms with Crippen molar-refractivity contribution in [2.45, 2.75) is 43.9 Å². The van der Waals surface area contributed by atoms with Crippen LogP contribution >= 0.6 is 0 Å². The maximum absolute atomic E-state index is 13.2. The second-order valence-corrected chi connectivity index (χ2v) is 9.95. The molecule has 0 spiro atoms. The molecular formula is C24H32N2O5S. The molecule has 1 N–H and O–H groups in total. The van der Waals surface area contributed by atoms with E-state index >= 15 is 0 Å². The normalized spacial score (nSPS) is 17.0. The number of rotatable bonds is 9. The molecule has 174 valence electrons. The maximum atomic E-state index is 13.2. The predicted octanol–water partition coefficient (Wildman–Crippen LogP) is 4.09. The van der Waals surface area contributed by atoms with E-state index < -0.39 is 15.9 Å². The van der Waals surface area contributed by atoms with Gasteiger partial charge in [-0.3, -0.25) is 4.79 Å². The van der Waals surface area contributed by atoms with Crippen LogP contribution in [0.1, 0.15) is 38.2 Å². The highest BCUT2D eigenvalue weighted by atomic mass is 32.2. The van der Waals surface area contributed by atoms with E-state index in [1.54, 1.807) is 6.07 Å². The zero-order chi connectivity index (χ0) is 23.1. The molecule has 0 radical (unpaired) electrons. The van der Waals surface area contributed by atoms with Gasteiger partial charge in [0.15, 0.2) is 11.5 Å². The van der Waals surface area contributed by atoms with Crippen LogP contribution in [-0.4, -0.2) is 45.9 Å². The molecule has 0 aromatic heterocycles. The number of carbonyl (C=O) groups is 1. The fourth-order valence-corrected chi connectivity index (χ4v) is 5.42. The van der Waals surface area contributed by atoms with Gasteiger partial charge >= 0.3 is 0 Å². The Morgan fingerprint density at radius 3 is 2.47 bits per heavy atom. The molecule has 1 fully saturated rings. The number of hydrogen-bond donors (Lipinski definition) is 1. The SMILES string of the molecule is CCCCc1ccc(NC(=O)[C@H]2CCCN(S(=O)(=O)c3ccc(OC)c(OC)c3)C2)cc1. The smallest absolute Gasteiger partial charge is 0.243 e. The Morgan fingerprint density at radius 2 is 1.81 bits per heavy atom. The number of piperidine rings is 1. The number of nitrogens with zero attached hydrogens (tertiary/aromatic N) is 1. The number of methoxy groups -OCH3 is 2. The van der Waals surface area contributed by atoms with Crippen molar-refractivity contribution >= 4 is 21.6 Å². The molecule has 1 atom stereocenters. The molecule has 7 nitrogen and oxygen atoms in total. The molecular weight excluding hydrogens is 428 g/mol. The maximum Gasteiger partial charge on any atom is 0.243 e. The van der Waals surface area contributed by atoms with E-state index in [0.29, 0.717) is 30.9 Å². The quantitative estimate of drug-likeness (QED) is 0.609. The summed E-state index contributed by atoms with van der Waals surface area (Å²) in [4.78, 5) is 13.0. The van der Waals surface area contributed by atoms with E-state index in [1.807, 2.05) is 24.3 Å². The van der Waals surface area contributed by atoms with Crippen molar-refractivity contribution in [3.8, 4) is 11.5 Å². The fourth-order valence-electron chi connectivity index (χ4n) is 3.88. The summed E-state index contributed by atoms with van der Waals surface area (Å²) >= 11 is 0. The van der Waals surface area contributed by atoms with Crippen LogP contribution in [0, 0.1) is 5.92 Å². The predicted molar refractivity (Wildman–Crippen MR) is 125 cm³/mol. The van der Waals surface area contributed by atoms with Gasteiger partial charge in [-0.2, -0.15) is 4.31 Å². The monoisotopic (exact) mass is 460 g/mol. The Morgan fingerprint density at radius 1 is 1.09 bits per heavy atom. The van der Waals surface area contributed by atoms with Crippen molar-refractivity contribution in [1.82, 2.24) is 4.31 Å². The molecule has 1 heterocycles. The summed E-state index contributed by atoms with van der Waals surface area (Å²) in [7, 11) is -0.793. The Labute approximate surface area is 190 Å². The minimum atomic E-state index is -3.76. The van der Waals surface area contributed by atoms with Crippen molar-refractivity contribution in [2.75, 3.05) is 32.6 Å². The van der Waals surface area contributed by atoms with Crippen molar-refractivity contribution in [1.29, 1.82) is 0 Å². The molecule has 0 saturated carbocycles. The number of anilines is 1. The zero-order valence-corrected chi connectivity index (χ0v) is 19.8. The van der Waals surface area contributed by atoms with Crippen LogP contribution in [-0.2, 0) is 21.2 Å². The average Bonchev–Trinajstić information content (AvgIpc) is 2.83. The van der Waals surface area contributed by atoms with Gasteiger partial charge in [-0.15, -0.1) is 0 Å². The lowest BCUT2D eigenvalue weighted by molar-refractivity contribution is -0.120. The molecule has 0 aliphatic carbocycles. The topological polar surface area (TPSA) is 84.9 Å². The fraction of sp³-hybridized carbons (Fsp3) is 0.458. The van der Waals surface area contributed by atoms with E-state index in [2.05, 4.69) is 12.2 Å². The van der Waals surface area contributed by atoms with Crippen LogP contribution in [0.5, 0.6) is 11.5 Å². The zero-order valence-electron chi connectivity index (χ0n) is 19.0. The van der Waals surface area contributed by atoms with Gasteiger partial charge in [0.25, 0.3) is 0 Å². The number of sulfonamides is 1. The van der Waals surface area contributed by atoms with Gasteiger partial charge in [0.2, 0.25) is 15.9 Å². The van der Waals surface area contributed by atoms with Crippen LogP contribution in [0.3, 0.4) is 0 Å². The number of unbranched alkanes of at least 4 members (excludes halogenated alkanes) is 1. The third-order valence-electron chi connectivity index (χ3n) is 5.79. The summed E-state index contributed by atoms with van der Waals surface area (Å²) in [5.41, 5.74) is 1.98. The van der Waals surface area contributed by atoms with Crippen LogP contribution < -0.4 is 14.8 Å². The van der Waals surface area contributed by atoms with Gasteiger partial charge in [0, 0.05) is 24.8 Å². The summed E-state index contributed by atoms with van der Waals surface area (Å²) in [6.07, 6.45) is 4.58. The summed E-state index contributed by atoms with van der Waals surface area (Å²) in [5.74, 6) is 0.252. The van der Waals surface area contributed by atoms with Crippen molar-refractivity contribution in [3.05, 3.63) is 48.0 Å². The molecule has 1 amide bonds. The van der Waals surface area contributed by atoms with Crippen molar-refractivity contribution in [2.24, 2.45) is 5.92 Å². The van der Waals surface area contributed by atoms with E-state index in [1.165, 1.54) is 36.2 Å². The van der Waals surface area contributed by atoms with Gasteiger partial charge in [-0.1, -0.05) is 25.5 Å². The highest BCUT2D eigenvalue weighted by Gasteiger charge is 2.33. The Hall–Kier alpha value is -2.58. The van der Waals surface area contributed by atoms with Gasteiger partial charge in [0.05, 0.1) is 25.0 Å². The van der Waals surface area contributed by atoms with Gasteiger partial charge in [0.1, 0.15) is 0 Å². The molecule has 0 bridgehead atoms. The van der Waals surface area contributed by atoms with Crippen molar-refractivity contribution in [3.63, 3.8) is 0 Å². The summed E-state index contributed by atoms with van der Waals surface area (Å²) in [6, 6.07) is 12.4. The molecule has 2 aromatic rings. The van der Waals surface area contributed by atoms with Crippen LogP contribution in [0.25, 0.3) is 0 Å². The molecule has 0 unspecified atom stereocenters. The molecule has 1 saturated heterocycles. The van der Waals surface area contributed by atoms with Gasteiger partial charge in [-0.05, 0) is 55.5 Å². The first kappa shape index (κ1) is 24.1. The highest BCUT2D eigenvalue weighted by molar-refractivity contribution is 7.89. The van der Waals surface area contributed by atoms with Crippen LogP contribution in [0.2, 0.25) is 0 Å². The van der Waals surface area contributed by atoms with Crippen LogP contribution in [0.15, 0.2) is 47.4 Å². The first-order chi connectivity index (χ1) is 15.4. The number of ether oxygens (including phenoxy) is 2. The molecule has 8 heteroatoms. The van der Waals surface area contributed by atoms with Gasteiger partial charge in [-0.25, -0.2) is 8.42 Å². The van der Waals surface area contributed by atoms with E-state index in [0.717, 1.165) is 24.9 Å². The minimum absolute atomic E-state index is 0.124. The summed E-state index contributed by atoms with van der Waals surface area (Å²) < 4.78 is 38.2. The number of aryl methyl sites for hydroxylation is 1. The van der Waals surface area contributed by atoms with Crippen molar-refractivity contribution < 1.29 is 22.7 Å². The second-order valence-electron chi connectivity index (χ2n) is 8.01. The lowest BCUT2D eigenvalue weighted by Crippen LogP contribution is -2.43. The molecule has 32 heavy (non-hydrogen) atoms. The number of hydrogen-bond acceptors (Lipinski definition) is 5. The number of carbonyl (C=O) groups excluding carboxylic acids is 1. The molecule has 1 aliphatic rings. The number of nitrogens with one attached hydrogen (secondary N) is 1. The summed E-state index contributed by atoms with van der Waals surface area (Å²) in [6.45, 7) is 2.69. The standard InChI is InChI=1S/C24H32N2O5S/c1-4-5-7-18-9-11-20(12-10-18)25-24(27)19-8-6-15-26(17-19)32(28,29)21-13-14-22(30-2)23(16-21)31-3/h9-14,16,19H,4-8,15,17H2,1-3H3,(H,25,27)/t19-/m0/s1. The minimum Gasteiger partial charge on any atom is -0.493 e. The first-order valence-electron chi connectivity index (χ1n) is 11.0. The number of amides is 1. The molecule has 3 rings (SSSR count). The number of benzene rings is 2. The third-order valence-corrected chi connectivity index (χ3v) is 7.65. The largest absolute Gasteiger partial charge is 0.493 e. The second kappa shape index (κ2) is 10.8. The van der Waals surface area contributed by atoms with E-state index in [4.69, 9.17) is 9.47 Å². The van der Waals surface area contributed by atoms with Gasteiger partial charge < -0.3 is 14.8 Å². The molecule has 2 aromatic carbocycles. The Kier molecular flexibility index (Phi) is 8.15. The summed E-state index contributed by atoms with van der Waals surface area (Å²) in [5, 5.41) is 2.94. The highest BCUT2D eigenvalue weighted by Crippen LogP contribution is 2.32.